The van der Waals surface area contributed by atoms with E-state index in [4.69, 9.17) is 0 Å². The summed E-state index contributed by atoms with van der Waals surface area (Å²) in [5.41, 5.74) is 1.33. The molecule has 2 heterocycles. The molecule has 0 aliphatic carbocycles. The van der Waals surface area contributed by atoms with Crippen molar-refractivity contribution in [2.75, 3.05) is 6.61 Å². The van der Waals surface area contributed by atoms with Crippen molar-refractivity contribution < 1.29 is 9.90 Å². The maximum absolute atomic E-state index is 11.9. The predicted molar refractivity (Wildman–Crippen MR) is 65.8 cm³/mol. The smallest absolute Gasteiger partial charge is 0.251 e. The van der Waals surface area contributed by atoms with E-state index in [0.29, 0.717) is 5.56 Å². The fourth-order valence-electron chi connectivity index (χ4n) is 1.58. The van der Waals surface area contributed by atoms with Crippen molar-refractivity contribution >= 4 is 5.91 Å². The lowest BCUT2D eigenvalue weighted by molar-refractivity contribution is 0.0916. The van der Waals surface area contributed by atoms with E-state index in [9.17, 15) is 9.90 Å². The molecule has 0 spiro atoms. The van der Waals surface area contributed by atoms with E-state index in [1.54, 1.807) is 49.1 Å². The van der Waals surface area contributed by atoms with Gasteiger partial charge in [-0.15, -0.1) is 0 Å². The molecule has 5 nitrogen and oxygen atoms in total. The summed E-state index contributed by atoms with van der Waals surface area (Å²) in [5, 5.41) is 12.1. The van der Waals surface area contributed by atoms with Crippen molar-refractivity contribution in [3.8, 4) is 0 Å². The third-order valence-corrected chi connectivity index (χ3v) is 2.54. The molecule has 0 bridgehead atoms. The second-order valence-electron chi connectivity index (χ2n) is 3.73. The molecule has 2 rings (SSSR count). The zero-order valence-electron chi connectivity index (χ0n) is 9.65. The second kappa shape index (κ2) is 5.88. The lowest BCUT2D eigenvalue weighted by atomic mass is 10.1. The molecule has 0 saturated carbocycles. The highest BCUT2D eigenvalue weighted by molar-refractivity contribution is 5.94. The molecule has 0 aromatic carbocycles. The third-order valence-electron chi connectivity index (χ3n) is 2.54. The van der Waals surface area contributed by atoms with Crippen molar-refractivity contribution in [1.29, 1.82) is 0 Å². The van der Waals surface area contributed by atoms with Crippen LogP contribution in [0.1, 0.15) is 22.0 Å². The molecular weight excluding hydrogens is 230 g/mol. The van der Waals surface area contributed by atoms with E-state index in [2.05, 4.69) is 15.3 Å². The van der Waals surface area contributed by atoms with Crippen LogP contribution in [0, 0.1) is 0 Å². The summed E-state index contributed by atoms with van der Waals surface area (Å²) in [6.07, 6.45) is 6.35. The first-order valence-corrected chi connectivity index (χ1v) is 5.53. The number of aromatic nitrogens is 2. The molecule has 2 aromatic rings. The van der Waals surface area contributed by atoms with E-state index in [1.165, 1.54) is 0 Å². The minimum absolute atomic E-state index is 0.166. The molecule has 0 fully saturated rings. The van der Waals surface area contributed by atoms with E-state index in [1.807, 2.05) is 0 Å². The molecule has 0 radical (unpaired) electrons. The number of hydrogen-bond donors (Lipinski definition) is 2. The van der Waals surface area contributed by atoms with E-state index in [-0.39, 0.29) is 12.5 Å². The minimum atomic E-state index is -0.436. The van der Waals surface area contributed by atoms with Crippen molar-refractivity contribution in [2.45, 2.75) is 6.04 Å². The Balaban J connectivity index is 2.10. The number of hydrogen-bond acceptors (Lipinski definition) is 4. The van der Waals surface area contributed by atoms with Crippen LogP contribution in [0.5, 0.6) is 0 Å². The SMILES string of the molecule is O=C(N[C@H](CO)c1ccncc1)c1ccncc1. The Labute approximate surface area is 105 Å². The average Bonchev–Trinajstić information content (AvgIpc) is 2.46. The van der Waals surface area contributed by atoms with Gasteiger partial charge in [-0.3, -0.25) is 14.8 Å². The van der Waals surface area contributed by atoms with Crippen molar-refractivity contribution in [3.63, 3.8) is 0 Å². The Bertz CT molecular complexity index is 502. The number of carbonyl (C=O) groups is 1. The Hall–Kier alpha value is -2.27. The Morgan fingerprint density at radius 1 is 1.11 bits per heavy atom. The van der Waals surface area contributed by atoms with Crippen LogP contribution in [0.3, 0.4) is 0 Å². The third kappa shape index (κ3) is 2.89. The lowest BCUT2D eigenvalue weighted by Crippen LogP contribution is -2.30. The van der Waals surface area contributed by atoms with Gasteiger partial charge >= 0.3 is 0 Å². The quantitative estimate of drug-likeness (QED) is 0.838. The van der Waals surface area contributed by atoms with E-state index < -0.39 is 6.04 Å². The van der Waals surface area contributed by atoms with Gasteiger partial charge in [-0.1, -0.05) is 0 Å². The van der Waals surface area contributed by atoms with Gasteiger partial charge in [0, 0.05) is 30.4 Å². The summed E-state index contributed by atoms with van der Waals surface area (Å²) >= 11 is 0. The van der Waals surface area contributed by atoms with Crippen LogP contribution in [0.15, 0.2) is 49.1 Å². The monoisotopic (exact) mass is 243 g/mol. The van der Waals surface area contributed by atoms with Gasteiger partial charge in [-0.05, 0) is 29.8 Å². The molecule has 2 aromatic heterocycles. The Morgan fingerprint density at radius 2 is 1.67 bits per heavy atom. The molecule has 0 unspecified atom stereocenters. The van der Waals surface area contributed by atoms with Crippen LogP contribution in [0.4, 0.5) is 0 Å². The average molecular weight is 243 g/mol. The zero-order valence-corrected chi connectivity index (χ0v) is 9.65. The molecule has 0 aliphatic rings. The largest absolute Gasteiger partial charge is 0.394 e. The first-order valence-electron chi connectivity index (χ1n) is 5.53. The standard InChI is InChI=1S/C13H13N3O2/c17-9-12(10-1-5-14-6-2-10)16-13(18)11-3-7-15-8-4-11/h1-8,12,17H,9H2,(H,16,18)/t12-/m1/s1. The summed E-state index contributed by atoms with van der Waals surface area (Å²) in [7, 11) is 0. The minimum Gasteiger partial charge on any atom is -0.394 e. The van der Waals surface area contributed by atoms with Crippen molar-refractivity contribution in [3.05, 3.63) is 60.2 Å². The highest BCUT2D eigenvalue weighted by atomic mass is 16.3. The van der Waals surface area contributed by atoms with Crippen molar-refractivity contribution in [2.24, 2.45) is 0 Å². The summed E-state index contributed by atoms with van der Waals surface area (Å²) in [5.74, 6) is -0.242. The van der Waals surface area contributed by atoms with Crippen molar-refractivity contribution in [1.82, 2.24) is 15.3 Å². The van der Waals surface area contributed by atoms with Crippen LogP contribution in [0.2, 0.25) is 0 Å². The number of carbonyl (C=O) groups excluding carboxylic acids is 1. The summed E-state index contributed by atoms with van der Waals surface area (Å²) in [6.45, 7) is -0.166. The van der Waals surface area contributed by atoms with Gasteiger partial charge < -0.3 is 10.4 Å². The fourth-order valence-corrected chi connectivity index (χ4v) is 1.58. The van der Waals surface area contributed by atoms with Gasteiger partial charge in [0.2, 0.25) is 0 Å². The second-order valence-corrected chi connectivity index (χ2v) is 3.73. The van der Waals surface area contributed by atoms with Gasteiger partial charge in [0.25, 0.3) is 5.91 Å². The molecular formula is C13H13N3O2. The van der Waals surface area contributed by atoms with Crippen LogP contribution >= 0.6 is 0 Å². The summed E-state index contributed by atoms with van der Waals surface area (Å²) in [4.78, 5) is 19.7. The molecule has 0 saturated heterocycles. The molecule has 18 heavy (non-hydrogen) atoms. The highest BCUT2D eigenvalue weighted by Crippen LogP contribution is 2.11. The van der Waals surface area contributed by atoms with Gasteiger partial charge in [0.05, 0.1) is 12.6 Å². The van der Waals surface area contributed by atoms with Gasteiger partial charge in [-0.25, -0.2) is 0 Å². The Morgan fingerprint density at radius 3 is 2.22 bits per heavy atom. The lowest BCUT2D eigenvalue weighted by Gasteiger charge is -2.16. The number of nitrogens with one attached hydrogen (secondary N) is 1. The number of amides is 1. The van der Waals surface area contributed by atoms with Gasteiger partial charge in [-0.2, -0.15) is 0 Å². The van der Waals surface area contributed by atoms with Gasteiger partial charge in [0.1, 0.15) is 0 Å². The summed E-state index contributed by atoms with van der Waals surface area (Å²) in [6, 6.07) is 6.32. The van der Waals surface area contributed by atoms with Gasteiger partial charge in [0.15, 0.2) is 0 Å². The molecule has 92 valence electrons. The molecule has 1 atom stereocenters. The fraction of sp³-hybridized carbons (Fsp3) is 0.154. The van der Waals surface area contributed by atoms with Crippen LogP contribution < -0.4 is 5.32 Å². The zero-order chi connectivity index (χ0) is 12.8. The normalized spacial score (nSPS) is 11.8. The number of nitrogens with zero attached hydrogens (tertiary/aromatic N) is 2. The maximum Gasteiger partial charge on any atom is 0.251 e. The Kier molecular flexibility index (Phi) is 3.98. The number of rotatable bonds is 4. The number of aliphatic hydroxyl groups excluding tert-OH is 1. The molecule has 1 amide bonds. The number of aliphatic hydroxyl groups is 1. The first kappa shape index (κ1) is 12.2. The van der Waals surface area contributed by atoms with Crippen LogP contribution in [-0.4, -0.2) is 27.6 Å². The number of pyridine rings is 2. The van der Waals surface area contributed by atoms with E-state index in [0.717, 1.165) is 5.56 Å². The highest BCUT2D eigenvalue weighted by Gasteiger charge is 2.14. The van der Waals surface area contributed by atoms with E-state index >= 15 is 0 Å². The molecule has 0 aliphatic heterocycles. The van der Waals surface area contributed by atoms with Crippen LogP contribution in [-0.2, 0) is 0 Å². The topological polar surface area (TPSA) is 75.1 Å². The molecule has 2 N–H and O–H groups in total. The maximum atomic E-state index is 11.9. The predicted octanol–water partition coefficient (Wildman–Crippen LogP) is 0.940. The molecule has 5 heteroatoms. The van der Waals surface area contributed by atoms with Crippen LogP contribution in [0.25, 0.3) is 0 Å². The summed E-state index contributed by atoms with van der Waals surface area (Å²) < 4.78 is 0. The first-order chi connectivity index (χ1) is 8.81.